The maximum atomic E-state index is 6.06. The summed E-state index contributed by atoms with van der Waals surface area (Å²) in [6, 6.07) is 8.70. The van der Waals surface area contributed by atoms with Gasteiger partial charge in [-0.25, -0.2) is 0 Å². The highest BCUT2D eigenvalue weighted by atomic mass is 35.5. The molecule has 1 rings (SSSR count). The topological polar surface area (TPSA) is 21.3 Å². The minimum Gasteiger partial charge on any atom is -0.381 e. The minimum absolute atomic E-state index is 0.522. The van der Waals surface area contributed by atoms with Crippen LogP contribution in [-0.4, -0.2) is 25.8 Å². The summed E-state index contributed by atoms with van der Waals surface area (Å²) in [5.74, 6) is 0.590. The largest absolute Gasteiger partial charge is 0.381 e. The lowest BCUT2D eigenvalue weighted by Gasteiger charge is -2.19. The van der Waals surface area contributed by atoms with Gasteiger partial charge in [0.25, 0.3) is 0 Å². The van der Waals surface area contributed by atoms with Crippen LogP contribution in [0.4, 0.5) is 0 Å². The quantitative estimate of drug-likeness (QED) is 0.650. The van der Waals surface area contributed by atoms with Crippen molar-refractivity contribution >= 4 is 11.6 Å². The molecule has 0 heterocycles. The van der Waals surface area contributed by atoms with E-state index in [1.54, 1.807) is 0 Å². The summed E-state index contributed by atoms with van der Waals surface area (Å²) < 4.78 is 5.63. The molecule has 0 amide bonds. The van der Waals surface area contributed by atoms with Crippen LogP contribution in [0.15, 0.2) is 24.3 Å². The van der Waals surface area contributed by atoms with E-state index in [-0.39, 0.29) is 0 Å². The van der Waals surface area contributed by atoms with Crippen molar-refractivity contribution in [3.8, 4) is 0 Å². The van der Waals surface area contributed by atoms with Gasteiger partial charge in [0.2, 0.25) is 0 Å². The fourth-order valence-electron chi connectivity index (χ4n) is 2.17. The molecule has 1 N–H and O–H groups in total. The number of hydrogen-bond acceptors (Lipinski definition) is 2. The molecule has 1 atom stereocenters. The van der Waals surface area contributed by atoms with Crippen molar-refractivity contribution in [1.29, 1.82) is 0 Å². The number of nitrogens with one attached hydrogen (secondary N) is 1. The van der Waals surface area contributed by atoms with Crippen molar-refractivity contribution in [3.63, 3.8) is 0 Å². The Morgan fingerprint density at radius 2 is 2.05 bits per heavy atom. The normalized spacial score (nSPS) is 12.8. The molecule has 3 heteroatoms. The number of ether oxygens (including phenoxy) is 1. The van der Waals surface area contributed by atoms with Gasteiger partial charge in [-0.05, 0) is 49.4 Å². The Hall–Kier alpha value is -0.570. The molecule has 0 saturated heterocycles. The van der Waals surface area contributed by atoms with Gasteiger partial charge in [-0.1, -0.05) is 44.5 Å². The predicted molar refractivity (Wildman–Crippen MR) is 87.5 cm³/mol. The Bertz CT molecular complexity index is 368. The van der Waals surface area contributed by atoms with Crippen molar-refractivity contribution in [1.82, 2.24) is 5.32 Å². The van der Waals surface area contributed by atoms with E-state index in [4.69, 9.17) is 16.3 Å². The Morgan fingerprint density at radius 1 is 1.25 bits per heavy atom. The van der Waals surface area contributed by atoms with Crippen molar-refractivity contribution in [2.75, 3.05) is 19.8 Å². The summed E-state index contributed by atoms with van der Waals surface area (Å²) in [7, 11) is 0. The lowest BCUT2D eigenvalue weighted by atomic mass is 9.96. The van der Waals surface area contributed by atoms with E-state index in [1.807, 2.05) is 12.1 Å². The van der Waals surface area contributed by atoms with Crippen molar-refractivity contribution < 1.29 is 4.74 Å². The van der Waals surface area contributed by atoms with E-state index in [0.29, 0.717) is 12.0 Å². The van der Waals surface area contributed by atoms with Crippen LogP contribution in [0.1, 0.15) is 39.2 Å². The standard InChI is InChI=1S/C17H28ClNO/c1-4-9-20-10-8-16(13-19-14(2)3)11-15-6-5-7-17(18)12-15/h5-7,12,14,16,19H,4,8-11,13H2,1-3H3. The first-order chi connectivity index (χ1) is 9.61. The number of benzene rings is 1. The van der Waals surface area contributed by atoms with Gasteiger partial charge < -0.3 is 10.1 Å². The van der Waals surface area contributed by atoms with E-state index in [2.05, 4.69) is 38.2 Å². The average molecular weight is 298 g/mol. The van der Waals surface area contributed by atoms with E-state index in [0.717, 1.165) is 44.0 Å². The SMILES string of the molecule is CCCOCCC(CNC(C)C)Cc1cccc(Cl)c1. The van der Waals surface area contributed by atoms with Gasteiger partial charge in [-0.15, -0.1) is 0 Å². The third kappa shape index (κ3) is 7.88. The van der Waals surface area contributed by atoms with Crippen LogP contribution < -0.4 is 5.32 Å². The van der Waals surface area contributed by atoms with Gasteiger partial charge >= 0.3 is 0 Å². The first kappa shape index (κ1) is 17.5. The van der Waals surface area contributed by atoms with E-state index in [9.17, 15) is 0 Å². The Labute approximate surface area is 128 Å². The van der Waals surface area contributed by atoms with Crippen LogP contribution in [0.2, 0.25) is 5.02 Å². The summed E-state index contributed by atoms with van der Waals surface area (Å²) >= 11 is 6.06. The number of hydrogen-bond donors (Lipinski definition) is 1. The highest BCUT2D eigenvalue weighted by Crippen LogP contribution is 2.16. The summed E-state index contributed by atoms with van der Waals surface area (Å²) in [6.45, 7) is 9.25. The monoisotopic (exact) mass is 297 g/mol. The zero-order valence-electron chi connectivity index (χ0n) is 13.0. The Morgan fingerprint density at radius 3 is 2.70 bits per heavy atom. The lowest BCUT2D eigenvalue weighted by Crippen LogP contribution is -2.30. The molecule has 0 radical (unpaired) electrons. The third-order valence-corrected chi connectivity index (χ3v) is 3.48. The minimum atomic E-state index is 0.522. The van der Waals surface area contributed by atoms with Gasteiger partial charge in [0.1, 0.15) is 0 Å². The summed E-state index contributed by atoms with van der Waals surface area (Å²) in [4.78, 5) is 0. The molecule has 0 fully saturated rings. The molecule has 0 aromatic heterocycles. The molecular weight excluding hydrogens is 270 g/mol. The van der Waals surface area contributed by atoms with Crippen LogP contribution in [-0.2, 0) is 11.2 Å². The highest BCUT2D eigenvalue weighted by molar-refractivity contribution is 6.30. The van der Waals surface area contributed by atoms with Crippen LogP contribution >= 0.6 is 11.6 Å². The van der Waals surface area contributed by atoms with Crippen LogP contribution in [0.5, 0.6) is 0 Å². The molecule has 0 saturated carbocycles. The third-order valence-electron chi connectivity index (χ3n) is 3.25. The van der Waals surface area contributed by atoms with Gasteiger partial charge in [0.05, 0.1) is 0 Å². The second-order valence-electron chi connectivity index (χ2n) is 5.66. The zero-order chi connectivity index (χ0) is 14.8. The first-order valence-corrected chi connectivity index (χ1v) is 8.05. The van der Waals surface area contributed by atoms with E-state index in [1.165, 1.54) is 5.56 Å². The average Bonchev–Trinajstić information content (AvgIpc) is 2.40. The van der Waals surface area contributed by atoms with Crippen molar-refractivity contribution in [3.05, 3.63) is 34.9 Å². The van der Waals surface area contributed by atoms with Gasteiger partial charge in [-0.2, -0.15) is 0 Å². The Balaban J connectivity index is 2.47. The van der Waals surface area contributed by atoms with Gasteiger partial charge in [-0.3, -0.25) is 0 Å². The van der Waals surface area contributed by atoms with E-state index < -0.39 is 0 Å². The predicted octanol–water partition coefficient (Wildman–Crippen LogP) is 4.31. The maximum absolute atomic E-state index is 6.06. The molecule has 0 spiro atoms. The summed E-state index contributed by atoms with van der Waals surface area (Å²) in [5, 5.41) is 4.35. The molecule has 1 aromatic rings. The van der Waals surface area contributed by atoms with Crippen molar-refractivity contribution in [2.45, 2.75) is 46.1 Å². The molecule has 1 unspecified atom stereocenters. The summed E-state index contributed by atoms with van der Waals surface area (Å²) in [6.07, 6.45) is 3.23. The molecule has 0 aliphatic heterocycles. The van der Waals surface area contributed by atoms with Crippen LogP contribution in [0.3, 0.4) is 0 Å². The summed E-state index contributed by atoms with van der Waals surface area (Å²) in [5.41, 5.74) is 1.31. The number of halogens is 1. The molecular formula is C17H28ClNO. The molecule has 114 valence electrons. The fraction of sp³-hybridized carbons (Fsp3) is 0.647. The molecule has 20 heavy (non-hydrogen) atoms. The lowest BCUT2D eigenvalue weighted by molar-refractivity contribution is 0.120. The van der Waals surface area contributed by atoms with Crippen LogP contribution in [0, 0.1) is 5.92 Å². The second kappa shape index (κ2) is 10.2. The van der Waals surface area contributed by atoms with Crippen molar-refractivity contribution in [2.24, 2.45) is 5.92 Å². The number of rotatable bonds is 10. The van der Waals surface area contributed by atoms with Gasteiger partial charge in [0.15, 0.2) is 0 Å². The fourth-order valence-corrected chi connectivity index (χ4v) is 2.39. The molecule has 0 aliphatic rings. The maximum Gasteiger partial charge on any atom is 0.0469 e. The first-order valence-electron chi connectivity index (χ1n) is 7.67. The molecule has 0 aliphatic carbocycles. The molecule has 0 bridgehead atoms. The van der Waals surface area contributed by atoms with Gasteiger partial charge in [0, 0.05) is 24.3 Å². The van der Waals surface area contributed by atoms with E-state index >= 15 is 0 Å². The smallest absolute Gasteiger partial charge is 0.0469 e. The zero-order valence-corrected chi connectivity index (χ0v) is 13.7. The highest BCUT2D eigenvalue weighted by Gasteiger charge is 2.11. The second-order valence-corrected chi connectivity index (χ2v) is 6.10. The molecule has 1 aromatic carbocycles. The molecule has 2 nitrogen and oxygen atoms in total. The Kier molecular flexibility index (Phi) is 8.92. The van der Waals surface area contributed by atoms with Crippen LogP contribution in [0.25, 0.3) is 0 Å².